The number of hydrogen-bond acceptors (Lipinski definition) is 6. The van der Waals surface area contributed by atoms with Crippen molar-refractivity contribution in [3.05, 3.63) is 33.8 Å². The Morgan fingerprint density at radius 2 is 1.88 bits per heavy atom. The highest BCUT2D eigenvalue weighted by Crippen LogP contribution is 2.35. The molecule has 1 fully saturated rings. The van der Waals surface area contributed by atoms with E-state index in [4.69, 9.17) is 23.2 Å². The molecule has 1 heterocycles. The first-order valence-electron chi connectivity index (χ1n) is 9.89. The van der Waals surface area contributed by atoms with Crippen molar-refractivity contribution in [3.63, 3.8) is 0 Å². The van der Waals surface area contributed by atoms with Crippen LogP contribution in [-0.2, 0) is 24.4 Å². The van der Waals surface area contributed by atoms with Crippen LogP contribution in [0.4, 0.5) is 0 Å². The van der Waals surface area contributed by atoms with Gasteiger partial charge in [0.15, 0.2) is 0 Å². The first kappa shape index (κ1) is 27.5. The number of nitrogens with one attached hydrogen (secondary N) is 2. The molecule has 0 saturated carbocycles. The van der Waals surface area contributed by atoms with Crippen LogP contribution in [-0.4, -0.2) is 74.4 Å². The molecule has 0 spiro atoms. The lowest BCUT2D eigenvalue weighted by molar-refractivity contribution is -0.142. The fourth-order valence-corrected chi connectivity index (χ4v) is 4.83. The number of nitrogens with zero attached hydrogens (tertiary/aromatic N) is 1. The summed E-state index contributed by atoms with van der Waals surface area (Å²) in [6.07, 6.45) is 6.48. The van der Waals surface area contributed by atoms with E-state index in [-0.39, 0.29) is 5.91 Å². The summed E-state index contributed by atoms with van der Waals surface area (Å²) in [6.45, 7) is 0.188. The van der Waals surface area contributed by atoms with Crippen LogP contribution < -0.4 is 10.0 Å². The van der Waals surface area contributed by atoms with Crippen LogP contribution in [0.25, 0.3) is 6.08 Å². The van der Waals surface area contributed by atoms with Crippen LogP contribution in [0, 0.1) is 5.92 Å². The highest BCUT2D eigenvalue weighted by atomic mass is 35.5. The van der Waals surface area contributed by atoms with Gasteiger partial charge in [-0.3, -0.25) is 9.59 Å². The summed E-state index contributed by atoms with van der Waals surface area (Å²) in [5.41, 5.74) is 0.615. The summed E-state index contributed by atoms with van der Waals surface area (Å²) >= 11 is 13.9. The number of halogens is 2. The van der Waals surface area contributed by atoms with E-state index in [1.54, 1.807) is 17.0 Å². The molecule has 1 unspecified atom stereocenters. The number of carboxylic acid groups (broad SMARTS) is 1. The quantitative estimate of drug-likeness (QED) is 0.324. The number of piperidine rings is 1. The van der Waals surface area contributed by atoms with Gasteiger partial charge in [0, 0.05) is 36.5 Å². The van der Waals surface area contributed by atoms with Crippen molar-refractivity contribution in [1.82, 2.24) is 14.9 Å². The van der Waals surface area contributed by atoms with Crippen molar-refractivity contribution >= 4 is 68.8 Å². The Labute approximate surface area is 206 Å². The number of thioether (sulfide) groups is 1. The van der Waals surface area contributed by atoms with Crippen LogP contribution in [0.3, 0.4) is 0 Å². The number of amides is 2. The molecule has 1 atom stereocenters. The molecule has 2 rings (SSSR count). The second-order valence-electron chi connectivity index (χ2n) is 7.44. The van der Waals surface area contributed by atoms with Crippen LogP contribution >= 0.6 is 35.0 Å². The number of rotatable bonds is 9. The second-order valence-corrected chi connectivity index (χ2v) is 10.9. The number of likely N-dealkylation sites (tertiary alicyclic amines) is 1. The van der Waals surface area contributed by atoms with Gasteiger partial charge in [-0.1, -0.05) is 29.3 Å². The Morgan fingerprint density at radius 3 is 2.42 bits per heavy atom. The lowest BCUT2D eigenvalue weighted by Crippen LogP contribution is -2.51. The van der Waals surface area contributed by atoms with Crippen LogP contribution in [0.1, 0.15) is 18.4 Å². The molecule has 33 heavy (non-hydrogen) atoms. The van der Waals surface area contributed by atoms with E-state index in [1.807, 2.05) is 12.3 Å². The molecule has 1 aromatic rings. The fourth-order valence-electron chi connectivity index (χ4n) is 3.19. The molecule has 0 radical (unpaired) electrons. The highest BCUT2D eigenvalue weighted by Gasteiger charge is 2.30. The molecule has 13 heteroatoms. The maximum atomic E-state index is 12.5. The number of aliphatic carboxylic acids is 1. The van der Waals surface area contributed by atoms with Gasteiger partial charge in [-0.05, 0) is 36.8 Å². The van der Waals surface area contributed by atoms with Crippen molar-refractivity contribution in [2.24, 2.45) is 5.92 Å². The predicted octanol–water partition coefficient (Wildman–Crippen LogP) is 2.09. The minimum atomic E-state index is -3.60. The van der Waals surface area contributed by atoms with Crippen LogP contribution in [0.15, 0.2) is 23.1 Å². The van der Waals surface area contributed by atoms with Crippen molar-refractivity contribution in [2.75, 3.05) is 32.1 Å². The number of carbonyl (C=O) groups is 3. The zero-order chi connectivity index (χ0) is 24.8. The van der Waals surface area contributed by atoms with Crippen molar-refractivity contribution in [3.8, 4) is 0 Å². The summed E-state index contributed by atoms with van der Waals surface area (Å²) < 4.78 is 24.4. The average molecular weight is 538 g/mol. The first-order valence-corrected chi connectivity index (χ1v) is 13.8. The van der Waals surface area contributed by atoms with Crippen molar-refractivity contribution < 1.29 is 27.9 Å². The summed E-state index contributed by atoms with van der Waals surface area (Å²) in [5, 5.41) is 12.4. The topological polar surface area (TPSA) is 133 Å². The van der Waals surface area contributed by atoms with Gasteiger partial charge in [-0.15, -0.1) is 11.8 Å². The van der Waals surface area contributed by atoms with E-state index in [0.29, 0.717) is 41.5 Å². The van der Waals surface area contributed by atoms with E-state index < -0.39 is 40.4 Å². The minimum absolute atomic E-state index is 0.240. The third-order valence-electron chi connectivity index (χ3n) is 5.04. The largest absolute Gasteiger partial charge is 0.480 e. The Kier molecular flexibility index (Phi) is 10.0. The number of carbonyl (C=O) groups excluding carboxylic acids is 2. The molecule has 1 aliphatic heterocycles. The Morgan fingerprint density at radius 1 is 1.24 bits per heavy atom. The summed E-state index contributed by atoms with van der Waals surface area (Å²) in [7, 11) is -3.60. The molecule has 1 aliphatic rings. The maximum absolute atomic E-state index is 12.5. The average Bonchev–Trinajstić information content (AvgIpc) is 2.76. The lowest BCUT2D eigenvalue weighted by Gasteiger charge is -2.31. The van der Waals surface area contributed by atoms with E-state index in [0.717, 1.165) is 11.2 Å². The van der Waals surface area contributed by atoms with E-state index in [1.165, 1.54) is 17.8 Å². The Bertz CT molecular complexity index is 1040. The van der Waals surface area contributed by atoms with Gasteiger partial charge >= 0.3 is 5.97 Å². The smallest absolute Gasteiger partial charge is 0.327 e. The molecule has 3 N–H and O–H groups in total. The summed E-state index contributed by atoms with van der Waals surface area (Å²) in [5.74, 6) is -2.56. The van der Waals surface area contributed by atoms with Gasteiger partial charge in [0.25, 0.3) is 0 Å². The molecule has 182 valence electrons. The number of benzene rings is 1. The highest BCUT2D eigenvalue weighted by molar-refractivity contribution is 7.98. The number of hydrogen-bond donors (Lipinski definition) is 3. The minimum Gasteiger partial charge on any atom is -0.480 e. The van der Waals surface area contributed by atoms with Crippen molar-refractivity contribution in [2.45, 2.75) is 23.8 Å². The van der Waals surface area contributed by atoms with Gasteiger partial charge in [0.2, 0.25) is 21.8 Å². The molecule has 0 aromatic heterocycles. The van der Waals surface area contributed by atoms with Gasteiger partial charge in [-0.25, -0.2) is 17.9 Å². The molecule has 1 aromatic carbocycles. The fraction of sp³-hybridized carbons (Fsp3) is 0.450. The zero-order valence-electron chi connectivity index (χ0n) is 18.0. The van der Waals surface area contributed by atoms with Gasteiger partial charge in [0.05, 0.1) is 16.3 Å². The predicted molar refractivity (Wildman–Crippen MR) is 129 cm³/mol. The summed E-state index contributed by atoms with van der Waals surface area (Å²) in [4.78, 5) is 38.7. The first-order chi connectivity index (χ1) is 15.4. The molecular weight excluding hydrogens is 513 g/mol. The van der Waals surface area contributed by atoms with E-state index in [9.17, 15) is 27.9 Å². The lowest BCUT2D eigenvalue weighted by atomic mass is 9.95. The van der Waals surface area contributed by atoms with Crippen molar-refractivity contribution in [1.29, 1.82) is 0 Å². The third kappa shape index (κ3) is 8.18. The van der Waals surface area contributed by atoms with Gasteiger partial charge < -0.3 is 15.3 Å². The molecule has 9 nitrogen and oxygen atoms in total. The molecule has 0 aliphatic carbocycles. The van der Waals surface area contributed by atoms with E-state index >= 15 is 0 Å². The molecule has 1 saturated heterocycles. The molecular formula is C20H25Cl2N3O6S2. The second kappa shape index (κ2) is 12.1. The Balaban J connectivity index is 1.91. The standard InChI is InChI=1S/C20H25Cl2N3O6S2/c1-32-15-5-3-12(17(21)18(15)22)4-6-16(26)25-9-7-13(8-10-25)19(27)24-14(20(28)29)11-23-33(2,30)31/h3-6,13-14,23H,7-11H2,1-2H3,(H,24,27)(H,28,29). The van der Waals surface area contributed by atoms with Gasteiger partial charge in [0.1, 0.15) is 6.04 Å². The van der Waals surface area contributed by atoms with Crippen LogP contribution in [0.5, 0.6) is 0 Å². The van der Waals surface area contributed by atoms with E-state index in [2.05, 4.69) is 10.0 Å². The molecule has 2 amide bonds. The Hall–Kier alpha value is -1.79. The molecule has 0 bridgehead atoms. The summed E-state index contributed by atoms with van der Waals surface area (Å²) in [6, 6.07) is 2.21. The SMILES string of the molecule is CSc1ccc(C=CC(=O)N2CCC(C(=O)NC(CNS(C)(=O)=O)C(=O)O)CC2)c(Cl)c1Cl. The third-order valence-corrected chi connectivity index (χ3v) is 7.52. The van der Waals surface area contributed by atoms with Crippen LogP contribution in [0.2, 0.25) is 10.0 Å². The zero-order valence-corrected chi connectivity index (χ0v) is 21.2. The monoisotopic (exact) mass is 537 g/mol. The normalized spacial score (nSPS) is 16.1. The maximum Gasteiger partial charge on any atom is 0.327 e. The number of sulfonamides is 1. The number of carboxylic acids is 1. The van der Waals surface area contributed by atoms with Gasteiger partial charge in [-0.2, -0.15) is 0 Å².